The Morgan fingerprint density at radius 3 is 0.865 bits per heavy atom. The lowest BCUT2D eigenvalue weighted by molar-refractivity contribution is 0.769. The van der Waals surface area contributed by atoms with E-state index in [1.165, 1.54) is 33.4 Å². The van der Waals surface area contributed by atoms with Crippen LogP contribution in [0.3, 0.4) is 0 Å². The van der Waals surface area contributed by atoms with Crippen molar-refractivity contribution in [2.75, 3.05) is 0 Å². The molecular weight excluding hydrogens is 1080 g/mol. The van der Waals surface area contributed by atoms with Crippen LogP contribution in [0.15, 0.2) is 328 Å². The number of hydrogen-bond acceptors (Lipinski definition) is 4. The molecule has 1 aliphatic rings. The third-order valence-corrected chi connectivity index (χ3v) is 18.2. The quantitative estimate of drug-likeness (QED) is 0.128. The van der Waals surface area contributed by atoms with Gasteiger partial charge in [0.2, 0.25) is 0 Å². The second-order valence-corrected chi connectivity index (χ2v) is 23.2. The lowest BCUT2D eigenvalue weighted by atomic mass is 9.67. The van der Waals surface area contributed by atoms with Gasteiger partial charge in [-0.2, -0.15) is 0 Å². The van der Waals surface area contributed by atoms with Crippen molar-refractivity contribution in [1.82, 2.24) is 19.9 Å². The molecule has 0 amide bonds. The molecule has 0 unspecified atom stereocenters. The maximum Gasteiger partial charge on any atom is 0.0978 e. The van der Waals surface area contributed by atoms with Crippen LogP contribution in [0.1, 0.15) is 22.3 Å². The highest BCUT2D eigenvalue weighted by Gasteiger charge is 2.46. The first kappa shape index (κ1) is 51.7. The van der Waals surface area contributed by atoms with Crippen LogP contribution in [0.5, 0.6) is 0 Å². The van der Waals surface area contributed by atoms with Crippen LogP contribution in [0.4, 0.5) is 0 Å². The predicted octanol–water partition coefficient (Wildman–Crippen LogP) is 21.6. The third-order valence-electron chi connectivity index (χ3n) is 18.2. The zero-order chi connectivity index (χ0) is 58.8. The second-order valence-electron chi connectivity index (χ2n) is 23.2. The average Bonchev–Trinajstić information content (AvgIpc) is 1.59. The molecule has 0 fully saturated rings. The van der Waals surface area contributed by atoms with Gasteiger partial charge in [0.25, 0.3) is 0 Å². The van der Waals surface area contributed by atoms with Gasteiger partial charge in [0.1, 0.15) is 0 Å². The first-order valence-electron chi connectivity index (χ1n) is 30.4. The molecule has 89 heavy (non-hydrogen) atoms. The van der Waals surface area contributed by atoms with Crippen LogP contribution in [-0.2, 0) is 5.41 Å². The molecule has 17 rings (SSSR count). The Balaban J connectivity index is 0.848. The van der Waals surface area contributed by atoms with Gasteiger partial charge in [0, 0.05) is 43.8 Å². The molecule has 414 valence electrons. The van der Waals surface area contributed by atoms with E-state index in [4.69, 9.17) is 19.9 Å². The summed E-state index contributed by atoms with van der Waals surface area (Å²) < 4.78 is 0. The zero-order valence-electron chi connectivity index (χ0n) is 48.5. The maximum absolute atomic E-state index is 5.55. The highest BCUT2D eigenvalue weighted by Crippen LogP contribution is 2.58. The Kier molecular flexibility index (Phi) is 12.4. The van der Waals surface area contributed by atoms with E-state index in [-0.39, 0.29) is 0 Å². The van der Waals surface area contributed by atoms with E-state index in [1.807, 2.05) is 0 Å². The van der Waals surface area contributed by atoms with Crippen molar-refractivity contribution in [2.45, 2.75) is 5.41 Å². The molecule has 12 aromatic carbocycles. The monoisotopic (exact) mass is 1130 g/mol. The summed E-state index contributed by atoms with van der Waals surface area (Å²) in [4.78, 5) is 21.9. The standard InChI is InChI=1S/C85H54N4/c1-7-19-55(20-8-1)65-37-45-69-70-46-38-66(56-21-9-2-10-22-56)52-76(70)85(75(69)51-65,67-41-31-61(32-42-67)77-49-39-63-35-47-71-73(57-23-11-3-12-24-57)53-79(59-27-15-5-16-28-59)88-83(71)81(63)86-77)68-43-33-62(34-44-68)78-50-40-64-36-48-72-74(58-25-13-4-14-26-58)54-80(60-29-17-6-18-30-60)89-84(72)82(64)87-78/h1-54H. The zero-order valence-corrected chi connectivity index (χ0v) is 48.5. The molecule has 16 aromatic rings. The topological polar surface area (TPSA) is 51.6 Å². The lowest BCUT2D eigenvalue weighted by Gasteiger charge is -2.34. The van der Waals surface area contributed by atoms with E-state index >= 15 is 0 Å². The Bertz CT molecular complexity index is 5030. The summed E-state index contributed by atoms with van der Waals surface area (Å²) in [6.45, 7) is 0. The highest BCUT2D eigenvalue weighted by atomic mass is 14.8. The summed E-state index contributed by atoms with van der Waals surface area (Å²) in [6, 6.07) is 118. The summed E-state index contributed by atoms with van der Waals surface area (Å²) in [5.41, 5.74) is 26.9. The van der Waals surface area contributed by atoms with Gasteiger partial charge in [0.05, 0.1) is 50.3 Å². The molecule has 0 saturated carbocycles. The van der Waals surface area contributed by atoms with E-state index in [0.29, 0.717) is 0 Å². The average molecular weight is 1130 g/mol. The summed E-state index contributed by atoms with van der Waals surface area (Å²) in [6.07, 6.45) is 0. The number of rotatable bonds is 10. The van der Waals surface area contributed by atoms with Gasteiger partial charge in [-0.3, -0.25) is 0 Å². The van der Waals surface area contributed by atoms with Crippen LogP contribution in [0.2, 0.25) is 0 Å². The fourth-order valence-electron chi connectivity index (χ4n) is 13.8. The minimum absolute atomic E-state index is 0.755. The number of pyridine rings is 4. The van der Waals surface area contributed by atoms with Crippen molar-refractivity contribution in [3.8, 4) is 101 Å². The first-order chi connectivity index (χ1) is 44.1. The highest BCUT2D eigenvalue weighted by molar-refractivity contribution is 6.11. The minimum atomic E-state index is -0.755. The molecule has 0 spiro atoms. The Morgan fingerprint density at radius 1 is 0.191 bits per heavy atom. The summed E-state index contributed by atoms with van der Waals surface area (Å²) in [5.74, 6) is 0. The molecule has 0 radical (unpaired) electrons. The normalized spacial score (nSPS) is 12.4. The number of aromatic nitrogens is 4. The molecule has 0 aliphatic heterocycles. The Morgan fingerprint density at radius 2 is 0.494 bits per heavy atom. The van der Waals surface area contributed by atoms with E-state index in [1.54, 1.807) is 0 Å². The van der Waals surface area contributed by atoms with Crippen LogP contribution in [0.25, 0.3) is 144 Å². The molecule has 4 heteroatoms. The molecular formula is C85H54N4. The summed E-state index contributed by atoms with van der Waals surface area (Å²) in [5, 5.41) is 4.21. The largest absolute Gasteiger partial charge is 0.245 e. The van der Waals surface area contributed by atoms with Crippen LogP contribution < -0.4 is 0 Å². The van der Waals surface area contributed by atoms with Crippen LogP contribution in [0, 0.1) is 0 Å². The van der Waals surface area contributed by atoms with Gasteiger partial charge in [-0.15, -0.1) is 0 Å². The summed E-state index contributed by atoms with van der Waals surface area (Å²) >= 11 is 0. The van der Waals surface area contributed by atoms with Crippen LogP contribution in [-0.4, -0.2) is 19.9 Å². The van der Waals surface area contributed by atoms with Crippen LogP contribution >= 0.6 is 0 Å². The van der Waals surface area contributed by atoms with Crippen molar-refractivity contribution >= 4 is 43.6 Å². The van der Waals surface area contributed by atoms with E-state index in [9.17, 15) is 0 Å². The third kappa shape index (κ3) is 8.83. The molecule has 0 N–H and O–H groups in total. The molecule has 4 aromatic heterocycles. The fraction of sp³-hybridized carbons (Fsp3) is 0.0118. The Labute approximate surface area is 516 Å². The number of nitrogens with zero attached hydrogens (tertiary/aromatic N) is 4. The second kappa shape index (κ2) is 21.4. The smallest absolute Gasteiger partial charge is 0.0978 e. The van der Waals surface area contributed by atoms with Crippen molar-refractivity contribution < 1.29 is 0 Å². The Hall–Kier alpha value is -11.7. The molecule has 4 nitrogen and oxygen atoms in total. The minimum Gasteiger partial charge on any atom is -0.245 e. The van der Waals surface area contributed by atoms with Gasteiger partial charge in [0.15, 0.2) is 0 Å². The van der Waals surface area contributed by atoms with Gasteiger partial charge in [-0.1, -0.05) is 291 Å². The summed E-state index contributed by atoms with van der Waals surface area (Å²) in [7, 11) is 0. The number of benzene rings is 12. The van der Waals surface area contributed by atoms with Crippen molar-refractivity contribution in [3.05, 3.63) is 350 Å². The van der Waals surface area contributed by atoms with E-state index in [0.717, 1.165) is 133 Å². The maximum atomic E-state index is 5.55. The van der Waals surface area contributed by atoms with E-state index in [2.05, 4.69) is 328 Å². The van der Waals surface area contributed by atoms with Gasteiger partial charge >= 0.3 is 0 Å². The molecule has 0 saturated heterocycles. The van der Waals surface area contributed by atoms with Gasteiger partial charge in [-0.25, -0.2) is 19.9 Å². The SMILES string of the molecule is c1ccc(-c2ccc3c(c2)C(c2ccc(-c4ccc5ccc6c(-c7ccccc7)cc(-c7ccccc7)nc6c5n4)cc2)(c2ccc(-c4ccc5ccc6c(-c7ccccc7)cc(-c7ccccc7)nc6c5n4)cc2)c2cc(-c4ccccc4)ccc2-3)cc1. The molecule has 0 bridgehead atoms. The number of fused-ring (bicyclic) bond motifs is 9. The van der Waals surface area contributed by atoms with Gasteiger partial charge < -0.3 is 0 Å². The lowest BCUT2D eigenvalue weighted by Crippen LogP contribution is -2.28. The molecule has 4 heterocycles. The number of hydrogen-bond donors (Lipinski definition) is 0. The van der Waals surface area contributed by atoms with E-state index < -0.39 is 5.41 Å². The fourth-order valence-corrected chi connectivity index (χ4v) is 13.8. The molecule has 0 atom stereocenters. The van der Waals surface area contributed by atoms with Crippen molar-refractivity contribution in [3.63, 3.8) is 0 Å². The first-order valence-corrected chi connectivity index (χ1v) is 30.4. The van der Waals surface area contributed by atoms with Crippen molar-refractivity contribution in [2.24, 2.45) is 0 Å². The molecule has 1 aliphatic carbocycles. The predicted molar refractivity (Wildman–Crippen MR) is 368 cm³/mol. The van der Waals surface area contributed by atoms with Gasteiger partial charge in [-0.05, 0) is 114 Å². The van der Waals surface area contributed by atoms with Crippen molar-refractivity contribution in [1.29, 1.82) is 0 Å².